The predicted octanol–water partition coefficient (Wildman–Crippen LogP) is 1.10. The number of nitrogens with one attached hydrogen (secondary N) is 1. The molecule has 0 bridgehead atoms. The molecular formula is C11H11F2NO3. The van der Waals surface area contributed by atoms with Crippen LogP contribution in [-0.2, 0) is 16.0 Å². The van der Waals surface area contributed by atoms with Crippen LogP contribution < -0.4 is 5.32 Å². The SMILES string of the molecule is O=C(O)CCNC(=O)Cc1c(F)cccc1F. The minimum absolute atomic E-state index is 0.0652. The van der Waals surface area contributed by atoms with Crippen LogP contribution in [-0.4, -0.2) is 23.5 Å². The third-order valence-electron chi connectivity index (χ3n) is 2.06. The zero-order valence-corrected chi connectivity index (χ0v) is 8.87. The maximum absolute atomic E-state index is 13.1. The number of hydrogen-bond donors (Lipinski definition) is 2. The highest BCUT2D eigenvalue weighted by atomic mass is 19.1. The van der Waals surface area contributed by atoms with Crippen LogP contribution in [0.25, 0.3) is 0 Å². The third-order valence-corrected chi connectivity index (χ3v) is 2.06. The van der Waals surface area contributed by atoms with Crippen LogP contribution in [0.3, 0.4) is 0 Å². The highest BCUT2D eigenvalue weighted by Crippen LogP contribution is 2.12. The van der Waals surface area contributed by atoms with Crippen molar-refractivity contribution in [2.75, 3.05) is 6.54 Å². The molecule has 4 nitrogen and oxygen atoms in total. The van der Waals surface area contributed by atoms with E-state index >= 15 is 0 Å². The second-order valence-electron chi connectivity index (χ2n) is 3.37. The molecule has 1 rings (SSSR count). The minimum atomic E-state index is -1.05. The molecule has 0 heterocycles. The van der Waals surface area contributed by atoms with Crippen molar-refractivity contribution in [3.63, 3.8) is 0 Å². The van der Waals surface area contributed by atoms with Crippen LogP contribution in [0.1, 0.15) is 12.0 Å². The van der Waals surface area contributed by atoms with Gasteiger partial charge in [0.25, 0.3) is 0 Å². The van der Waals surface area contributed by atoms with Gasteiger partial charge in [0.15, 0.2) is 0 Å². The van der Waals surface area contributed by atoms with Crippen molar-refractivity contribution in [1.29, 1.82) is 0 Å². The molecule has 0 aromatic heterocycles. The van der Waals surface area contributed by atoms with Crippen LogP contribution in [0.15, 0.2) is 18.2 Å². The lowest BCUT2D eigenvalue weighted by atomic mass is 10.1. The lowest BCUT2D eigenvalue weighted by molar-refractivity contribution is -0.136. The van der Waals surface area contributed by atoms with Crippen LogP contribution in [0, 0.1) is 11.6 Å². The molecule has 6 heteroatoms. The summed E-state index contributed by atoms with van der Waals surface area (Å²) in [6.45, 7) is -0.0652. The van der Waals surface area contributed by atoms with E-state index in [-0.39, 0.29) is 18.5 Å². The number of carboxylic acid groups (broad SMARTS) is 1. The average Bonchev–Trinajstić information content (AvgIpc) is 2.23. The number of carboxylic acids is 1. The summed E-state index contributed by atoms with van der Waals surface area (Å²) in [5.74, 6) is -3.26. The standard InChI is InChI=1S/C11H11F2NO3/c12-8-2-1-3-9(13)7(8)6-10(15)14-5-4-11(16)17/h1-3H,4-6H2,(H,14,15)(H,16,17). The van der Waals surface area contributed by atoms with Crippen molar-refractivity contribution in [2.45, 2.75) is 12.8 Å². The van der Waals surface area contributed by atoms with Gasteiger partial charge in [0.05, 0.1) is 12.8 Å². The minimum Gasteiger partial charge on any atom is -0.481 e. The maximum atomic E-state index is 13.1. The van der Waals surface area contributed by atoms with Crippen molar-refractivity contribution in [2.24, 2.45) is 0 Å². The molecule has 0 saturated heterocycles. The van der Waals surface area contributed by atoms with Crippen LogP contribution in [0.4, 0.5) is 8.78 Å². The molecule has 1 amide bonds. The van der Waals surface area contributed by atoms with Gasteiger partial charge in [-0.3, -0.25) is 9.59 Å². The van der Waals surface area contributed by atoms with Gasteiger partial charge < -0.3 is 10.4 Å². The molecular weight excluding hydrogens is 232 g/mol. The second kappa shape index (κ2) is 5.93. The topological polar surface area (TPSA) is 66.4 Å². The van der Waals surface area contributed by atoms with Gasteiger partial charge in [-0.1, -0.05) is 6.07 Å². The summed E-state index contributed by atoms with van der Waals surface area (Å²) in [5.41, 5.74) is -0.319. The number of carbonyl (C=O) groups excluding carboxylic acids is 1. The predicted molar refractivity (Wildman–Crippen MR) is 55.3 cm³/mol. The average molecular weight is 243 g/mol. The van der Waals surface area contributed by atoms with E-state index < -0.39 is 29.9 Å². The molecule has 0 saturated carbocycles. The zero-order valence-electron chi connectivity index (χ0n) is 8.87. The summed E-state index contributed by atoms with van der Waals surface area (Å²) in [7, 11) is 0. The molecule has 2 N–H and O–H groups in total. The van der Waals surface area contributed by atoms with E-state index in [9.17, 15) is 18.4 Å². The summed E-state index contributed by atoms with van der Waals surface area (Å²) in [6, 6.07) is 3.32. The van der Waals surface area contributed by atoms with Gasteiger partial charge in [-0.15, -0.1) is 0 Å². The van der Waals surface area contributed by atoms with Gasteiger partial charge in [-0.25, -0.2) is 8.78 Å². The van der Waals surface area contributed by atoms with Crippen LogP contribution >= 0.6 is 0 Å². The van der Waals surface area contributed by atoms with Crippen molar-refractivity contribution in [1.82, 2.24) is 5.32 Å². The van der Waals surface area contributed by atoms with Crippen molar-refractivity contribution in [3.05, 3.63) is 35.4 Å². The first-order valence-corrected chi connectivity index (χ1v) is 4.92. The van der Waals surface area contributed by atoms with E-state index in [1.165, 1.54) is 6.07 Å². The van der Waals surface area contributed by atoms with Crippen LogP contribution in [0.2, 0.25) is 0 Å². The molecule has 1 aromatic rings. The molecule has 0 aliphatic carbocycles. The van der Waals surface area contributed by atoms with Gasteiger partial charge >= 0.3 is 5.97 Å². The van der Waals surface area contributed by atoms with Crippen molar-refractivity contribution in [3.8, 4) is 0 Å². The molecule has 0 atom stereocenters. The maximum Gasteiger partial charge on any atom is 0.305 e. The lowest BCUT2D eigenvalue weighted by Gasteiger charge is -2.05. The summed E-state index contributed by atoms with van der Waals surface area (Å²) < 4.78 is 26.3. The third kappa shape index (κ3) is 4.18. The largest absolute Gasteiger partial charge is 0.481 e. The highest BCUT2D eigenvalue weighted by Gasteiger charge is 2.12. The fourth-order valence-corrected chi connectivity index (χ4v) is 1.23. The molecule has 0 radical (unpaired) electrons. The number of rotatable bonds is 5. The van der Waals surface area contributed by atoms with Crippen molar-refractivity contribution < 1.29 is 23.5 Å². The number of aliphatic carboxylic acids is 1. The molecule has 17 heavy (non-hydrogen) atoms. The molecule has 0 fully saturated rings. The van der Waals surface area contributed by atoms with Gasteiger partial charge in [-0.05, 0) is 12.1 Å². The van der Waals surface area contributed by atoms with E-state index in [0.717, 1.165) is 12.1 Å². The summed E-state index contributed by atoms with van der Waals surface area (Å²) in [6.07, 6.45) is -0.677. The van der Waals surface area contributed by atoms with Crippen LogP contribution in [0.5, 0.6) is 0 Å². The second-order valence-corrected chi connectivity index (χ2v) is 3.37. The Morgan fingerprint density at radius 2 is 1.82 bits per heavy atom. The number of halogens is 2. The quantitative estimate of drug-likeness (QED) is 0.813. The summed E-state index contributed by atoms with van der Waals surface area (Å²) in [5, 5.41) is 10.6. The Bertz CT molecular complexity index is 414. The molecule has 1 aromatic carbocycles. The summed E-state index contributed by atoms with van der Waals surface area (Å²) in [4.78, 5) is 21.4. The Kier molecular flexibility index (Phi) is 4.56. The Balaban J connectivity index is 2.53. The molecule has 0 unspecified atom stereocenters. The first kappa shape index (κ1) is 13.1. The molecule has 0 aliphatic rings. The first-order chi connectivity index (χ1) is 8.00. The normalized spacial score (nSPS) is 10.0. The molecule has 92 valence electrons. The van der Waals surface area contributed by atoms with Gasteiger partial charge in [0.1, 0.15) is 11.6 Å². The van der Waals surface area contributed by atoms with E-state index in [1.807, 2.05) is 0 Å². The smallest absolute Gasteiger partial charge is 0.305 e. The Labute approximate surface area is 96.3 Å². The first-order valence-electron chi connectivity index (χ1n) is 4.92. The monoisotopic (exact) mass is 243 g/mol. The van der Waals surface area contributed by atoms with Gasteiger partial charge in [-0.2, -0.15) is 0 Å². The van der Waals surface area contributed by atoms with E-state index in [2.05, 4.69) is 5.32 Å². The Morgan fingerprint density at radius 3 is 2.35 bits per heavy atom. The number of amides is 1. The van der Waals surface area contributed by atoms with Crippen molar-refractivity contribution >= 4 is 11.9 Å². The Morgan fingerprint density at radius 1 is 1.24 bits per heavy atom. The number of carbonyl (C=O) groups is 2. The molecule has 0 aliphatic heterocycles. The number of hydrogen-bond acceptors (Lipinski definition) is 2. The van der Waals surface area contributed by atoms with Gasteiger partial charge in [0.2, 0.25) is 5.91 Å². The zero-order chi connectivity index (χ0) is 12.8. The van der Waals surface area contributed by atoms with E-state index in [4.69, 9.17) is 5.11 Å². The summed E-state index contributed by atoms with van der Waals surface area (Å²) >= 11 is 0. The highest BCUT2D eigenvalue weighted by molar-refractivity contribution is 5.79. The van der Waals surface area contributed by atoms with Gasteiger partial charge in [0, 0.05) is 12.1 Å². The fraction of sp³-hybridized carbons (Fsp3) is 0.273. The lowest BCUT2D eigenvalue weighted by Crippen LogP contribution is -2.28. The van der Waals surface area contributed by atoms with E-state index in [0.29, 0.717) is 0 Å². The Hall–Kier alpha value is -1.98. The van der Waals surface area contributed by atoms with E-state index in [1.54, 1.807) is 0 Å². The molecule has 0 spiro atoms. The number of benzene rings is 1. The fourth-order valence-electron chi connectivity index (χ4n) is 1.23.